The van der Waals surface area contributed by atoms with Crippen molar-refractivity contribution in [3.05, 3.63) is 34.6 Å². The second kappa shape index (κ2) is 4.68. The number of nitrogens with zero attached hydrogens (tertiary/aromatic N) is 3. The number of hydrogen-bond donors (Lipinski definition) is 0. The minimum atomic E-state index is -0.0232. The van der Waals surface area contributed by atoms with Crippen LogP contribution in [-0.2, 0) is 7.05 Å². The summed E-state index contributed by atoms with van der Waals surface area (Å²) >= 11 is 0. The molecule has 0 unspecified atom stereocenters. The Kier molecular flexibility index (Phi) is 3.55. The fourth-order valence-electron chi connectivity index (χ4n) is 1.30. The highest BCUT2D eigenvalue weighted by Crippen LogP contribution is 2.08. The number of fused-ring (bicyclic) bond motifs is 1. The number of pyridine rings is 1. The van der Waals surface area contributed by atoms with Gasteiger partial charge in [0.1, 0.15) is 0 Å². The number of aromatic nitrogens is 3. The number of hydrogen-bond acceptors (Lipinski definition) is 3. The van der Waals surface area contributed by atoms with E-state index in [1.165, 1.54) is 10.9 Å². The Balaban J connectivity index is 0.000000531. The third-order valence-corrected chi connectivity index (χ3v) is 2.02. The average molecular weight is 205 g/mol. The van der Waals surface area contributed by atoms with Crippen molar-refractivity contribution in [2.75, 3.05) is 0 Å². The van der Waals surface area contributed by atoms with E-state index in [0.717, 1.165) is 5.56 Å². The highest BCUT2D eigenvalue weighted by atomic mass is 16.1. The summed E-state index contributed by atoms with van der Waals surface area (Å²) in [5.41, 5.74) is 1.50. The molecule has 4 heteroatoms. The van der Waals surface area contributed by atoms with E-state index < -0.39 is 0 Å². The molecule has 0 aliphatic carbocycles. The topological polar surface area (TPSA) is 47.8 Å². The van der Waals surface area contributed by atoms with Crippen LogP contribution in [0, 0.1) is 6.92 Å². The van der Waals surface area contributed by atoms with Gasteiger partial charge in [0.15, 0.2) is 0 Å². The molecule has 2 rings (SSSR count). The SMILES string of the molecule is CC.Cc1cncc2ncn(C)c(=O)c12. The van der Waals surface area contributed by atoms with E-state index >= 15 is 0 Å². The molecule has 0 bridgehead atoms. The van der Waals surface area contributed by atoms with Gasteiger partial charge < -0.3 is 4.57 Å². The Morgan fingerprint density at radius 3 is 2.60 bits per heavy atom. The van der Waals surface area contributed by atoms with Gasteiger partial charge in [-0.2, -0.15) is 0 Å². The van der Waals surface area contributed by atoms with Crippen molar-refractivity contribution < 1.29 is 0 Å². The Hall–Kier alpha value is -1.71. The van der Waals surface area contributed by atoms with Gasteiger partial charge in [-0.05, 0) is 12.5 Å². The summed E-state index contributed by atoms with van der Waals surface area (Å²) in [6.07, 6.45) is 4.78. The quantitative estimate of drug-likeness (QED) is 0.657. The molecule has 80 valence electrons. The second-order valence-electron chi connectivity index (χ2n) is 3.01. The van der Waals surface area contributed by atoms with E-state index in [1.54, 1.807) is 19.4 Å². The molecule has 0 saturated heterocycles. The van der Waals surface area contributed by atoms with Crippen LogP contribution in [0.1, 0.15) is 19.4 Å². The van der Waals surface area contributed by atoms with E-state index in [4.69, 9.17) is 0 Å². The van der Waals surface area contributed by atoms with Crippen LogP contribution in [0.2, 0.25) is 0 Å². The molecule has 0 aliphatic heterocycles. The van der Waals surface area contributed by atoms with Gasteiger partial charge in [-0.15, -0.1) is 0 Å². The van der Waals surface area contributed by atoms with Gasteiger partial charge >= 0.3 is 0 Å². The molecule has 2 aromatic heterocycles. The van der Waals surface area contributed by atoms with Gasteiger partial charge in [0.2, 0.25) is 0 Å². The van der Waals surface area contributed by atoms with Crippen LogP contribution < -0.4 is 5.56 Å². The zero-order chi connectivity index (χ0) is 11.4. The summed E-state index contributed by atoms with van der Waals surface area (Å²) in [5.74, 6) is 0. The maximum atomic E-state index is 11.6. The Labute approximate surface area is 88.6 Å². The Morgan fingerprint density at radius 2 is 1.93 bits per heavy atom. The second-order valence-corrected chi connectivity index (χ2v) is 3.01. The molecule has 0 spiro atoms. The van der Waals surface area contributed by atoms with Crippen LogP contribution in [0.3, 0.4) is 0 Å². The lowest BCUT2D eigenvalue weighted by Crippen LogP contribution is -2.17. The Bertz CT molecular complexity index is 517. The number of aryl methyl sites for hydroxylation is 2. The summed E-state index contributed by atoms with van der Waals surface area (Å²) in [6, 6.07) is 0. The largest absolute Gasteiger partial charge is 0.302 e. The smallest absolute Gasteiger partial charge is 0.261 e. The van der Waals surface area contributed by atoms with Crippen LogP contribution in [0.5, 0.6) is 0 Å². The van der Waals surface area contributed by atoms with Gasteiger partial charge in [0.25, 0.3) is 5.56 Å². The highest BCUT2D eigenvalue weighted by Gasteiger charge is 2.03. The predicted molar refractivity (Wildman–Crippen MR) is 60.9 cm³/mol. The van der Waals surface area contributed by atoms with E-state index in [0.29, 0.717) is 10.9 Å². The van der Waals surface area contributed by atoms with Crippen LogP contribution in [-0.4, -0.2) is 14.5 Å². The van der Waals surface area contributed by atoms with Gasteiger partial charge in [0, 0.05) is 13.2 Å². The molecule has 4 nitrogen and oxygen atoms in total. The molecular weight excluding hydrogens is 190 g/mol. The molecule has 0 saturated carbocycles. The van der Waals surface area contributed by atoms with E-state index in [2.05, 4.69) is 9.97 Å². The fraction of sp³-hybridized carbons (Fsp3) is 0.364. The van der Waals surface area contributed by atoms with Crippen LogP contribution in [0.25, 0.3) is 10.9 Å². The summed E-state index contributed by atoms with van der Waals surface area (Å²) in [6.45, 7) is 5.86. The predicted octanol–water partition coefficient (Wildman–Crippen LogP) is 1.66. The first-order valence-electron chi connectivity index (χ1n) is 4.96. The van der Waals surface area contributed by atoms with Crippen molar-refractivity contribution in [3.8, 4) is 0 Å². The maximum absolute atomic E-state index is 11.6. The zero-order valence-electron chi connectivity index (χ0n) is 9.48. The van der Waals surface area contributed by atoms with Crippen molar-refractivity contribution in [2.24, 2.45) is 7.05 Å². The van der Waals surface area contributed by atoms with Crippen molar-refractivity contribution >= 4 is 10.9 Å². The molecule has 0 fully saturated rings. The third kappa shape index (κ3) is 2.03. The molecule has 0 atom stereocenters. The molecule has 15 heavy (non-hydrogen) atoms. The van der Waals surface area contributed by atoms with Crippen LogP contribution in [0.4, 0.5) is 0 Å². The van der Waals surface area contributed by atoms with Crippen molar-refractivity contribution in [1.29, 1.82) is 0 Å². The van der Waals surface area contributed by atoms with Gasteiger partial charge in [0.05, 0.1) is 23.4 Å². The van der Waals surface area contributed by atoms with E-state index in [1.807, 2.05) is 20.8 Å². The molecule has 0 N–H and O–H groups in total. The minimum absolute atomic E-state index is 0.0232. The normalized spacial score (nSPS) is 9.60. The van der Waals surface area contributed by atoms with E-state index in [-0.39, 0.29) is 5.56 Å². The molecule has 2 heterocycles. The summed E-state index contributed by atoms with van der Waals surface area (Å²) < 4.78 is 1.47. The lowest BCUT2D eigenvalue weighted by atomic mass is 10.2. The molecule has 2 aromatic rings. The van der Waals surface area contributed by atoms with Crippen LogP contribution in [0.15, 0.2) is 23.5 Å². The zero-order valence-corrected chi connectivity index (χ0v) is 9.48. The summed E-state index contributed by atoms with van der Waals surface area (Å²) in [5, 5.41) is 0.653. The number of rotatable bonds is 0. The summed E-state index contributed by atoms with van der Waals surface area (Å²) in [4.78, 5) is 19.7. The first kappa shape index (κ1) is 11.4. The van der Waals surface area contributed by atoms with Crippen molar-refractivity contribution in [3.63, 3.8) is 0 Å². The fourth-order valence-corrected chi connectivity index (χ4v) is 1.30. The molecular formula is C11H15N3O. The molecule has 0 radical (unpaired) electrons. The van der Waals surface area contributed by atoms with E-state index in [9.17, 15) is 4.79 Å². The summed E-state index contributed by atoms with van der Waals surface area (Å²) in [7, 11) is 1.69. The third-order valence-electron chi connectivity index (χ3n) is 2.02. The average Bonchev–Trinajstić information content (AvgIpc) is 2.26. The molecule has 0 aromatic carbocycles. The van der Waals surface area contributed by atoms with Gasteiger partial charge in [-0.25, -0.2) is 4.98 Å². The monoisotopic (exact) mass is 205 g/mol. The minimum Gasteiger partial charge on any atom is -0.302 e. The maximum Gasteiger partial charge on any atom is 0.261 e. The lowest BCUT2D eigenvalue weighted by molar-refractivity contribution is 0.841. The van der Waals surface area contributed by atoms with Crippen molar-refractivity contribution in [1.82, 2.24) is 14.5 Å². The highest BCUT2D eigenvalue weighted by molar-refractivity contribution is 5.79. The molecule has 0 amide bonds. The molecule has 0 aliphatic rings. The van der Waals surface area contributed by atoms with Crippen LogP contribution >= 0.6 is 0 Å². The lowest BCUT2D eigenvalue weighted by Gasteiger charge is -2.01. The standard InChI is InChI=1S/C9H9N3O.C2H6/c1-6-3-10-4-7-8(6)9(13)12(2)5-11-7;1-2/h3-5H,1-2H3;1-2H3. The first-order valence-corrected chi connectivity index (χ1v) is 4.96. The van der Waals surface area contributed by atoms with Gasteiger partial charge in [-0.3, -0.25) is 9.78 Å². The van der Waals surface area contributed by atoms with Gasteiger partial charge in [-0.1, -0.05) is 13.8 Å². The first-order chi connectivity index (χ1) is 7.20. The van der Waals surface area contributed by atoms with Crippen molar-refractivity contribution in [2.45, 2.75) is 20.8 Å². The Morgan fingerprint density at radius 1 is 1.27 bits per heavy atom.